The normalized spacial score (nSPS) is 27.3. The lowest BCUT2D eigenvalue weighted by molar-refractivity contribution is -0.145. The van der Waals surface area contributed by atoms with E-state index in [4.69, 9.17) is 9.47 Å². The summed E-state index contributed by atoms with van der Waals surface area (Å²) in [5.74, 6) is 0. The minimum absolute atomic E-state index is 0.107. The van der Waals surface area contributed by atoms with E-state index in [1.54, 1.807) is 0 Å². The molecule has 2 aliphatic heterocycles. The van der Waals surface area contributed by atoms with E-state index in [9.17, 15) is 4.79 Å². The van der Waals surface area contributed by atoms with Crippen LogP contribution >= 0.6 is 0 Å². The van der Waals surface area contributed by atoms with Crippen molar-refractivity contribution in [2.75, 3.05) is 32.9 Å². The van der Waals surface area contributed by atoms with E-state index in [0.717, 1.165) is 45.4 Å². The van der Waals surface area contributed by atoms with Crippen LogP contribution in [0.3, 0.4) is 0 Å². The first-order valence-corrected chi connectivity index (χ1v) is 8.55. The quantitative estimate of drug-likeness (QED) is 0.755. The average molecular weight is 296 g/mol. The third kappa shape index (κ3) is 3.89. The lowest BCUT2D eigenvalue weighted by Gasteiger charge is -2.44. The topological polar surface area (TPSA) is 50.8 Å². The molecule has 0 radical (unpaired) electrons. The third-order valence-corrected chi connectivity index (χ3v) is 5.12. The smallest absolute Gasteiger partial charge is 0.317 e. The summed E-state index contributed by atoms with van der Waals surface area (Å²) in [4.78, 5) is 14.5. The van der Waals surface area contributed by atoms with Gasteiger partial charge in [0.25, 0.3) is 0 Å². The van der Waals surface area contributed by atoms with Crippen molar-refractivity contribution in [2.24, 2.45) is 0 Å². The average Bonchev–Trinajstić information content (AvgIpc) is 2.77. The van der Waals surface area contributed by atoms with E-state index in [0.29, 0.717) is 19.2 Å². The minimum atomic E-state index is -0.155. The molecule has 0 aromatic heterocycles. The van der Waals surface area contributed by atoms with Gasteiger partial charge in [0, 0.05) is 38.6 Å². The first kappa shape index (κ1) is 15.1. The highest BCUT2D eigenvalue weighted by atomic mass is 16.5. The fraction of sp³-hybridized carbons (Fsp3) is 0.938. The van der Waals surface area contributed by atoms with Crippen LogP contribution in [-0.2, 0) is 9.47 Å². The molecule has 120 valence electrons. The molecule has 0 atom stereocenters. The van der Waals surface area contributed by atoms with Gasteiger partial charge in [0.1, 0.15) is 0 Å². The second-order valence-electron chi connectivity index (χ2n) is 6.70. The van der Waals surface area contributed by atoms with Crippen LogP contribution in [0.15, 0.2) is 0 Å². The van der Waals surface area contributed by atoms with Crippen molar-refractivity contribution in [3.63, 3.8) is 0 Å². The molecule has 0 aromatic carbocycles. The zero-order chi connectivity index (χ0) is 14.5. The number of hydrogen-bond donors (Lipinski definition) is 1. The van der Waals surface area contributed by atoms with Crippen LogP contribution in [0.5, 0.6) is 0 Å². The number of carbonyl (C=O) groups excluding carboxylic acids is 1. The van der Waals surface area contributed by atoms with Crippen molar-refractivity contribution in [1.82, 2.24) is 10.2 Å². The number of carbonyl (C=O) groups is 1. The lowest BCUT2D eigenvalue weighted by Crippen LogP contribution is -2.58. The molecule has 5 heteroatoms. The number of morpholine rings is 1. The maximum atomic E-state index is 12.5. The summed E-state index contributed by atoms with van der Waals surface area (Å²) in [6.07, 6.45) is 9.19. The van der Waals surface area contributed by atoms with Gasteiger partial charge in [0.05, 0.1) is 18.8 Å². The van der Waals surface area contributed by atoms with E-state index in [-0.39, 0.29) is 11.6 Å². The predicted molar refractivity (Wildman–Crippen MR) is 80.3 cm³/mol. The zero-order valence-corrected chi connectivity index (χ0v) is 12.9. The summed E-state index contributed by atoms with van der Waals surface area (Å²) in [5.41, 5.74) is -0.155. The summed E-state index contributed by atoms with van der Waals surface area (Å²) in [6, 6.07) is 0.476. The Hall–Kier alpha value is -0.810. The summed E-state index contributed by atoms with van der Waals surface area (Å²) in [5, 5.41) is 3.25. The molecule has 2 saturated heterocycles. The number of amides is 2. The van der Waals surface area contributed by atoms with Crippen LogP contribution < -0.4 is 5.32 Å². The number of nitrogens with zero attached hydrogens (tertiary/aromatic N) is 1. The number of hydrogen-bond acceptors (Lipinski definition) is 3. The Kier molecular flexibility index (Phi) is 5.01. The number of ether oxygens (including phenoxy) is 2. The molecule has 3 fully saturated rings. The van der Waals surface area contributed by atoms with Crippen molar-refractivity contribution in [3.05, 3.63) is 0 Å². The SMILES string of the molecule is O=C(NC1CCCCCC1)N1CCOC2(CCOCC2)C1. The van der Waals surface area contributed by atoms with E-state index in [1.807, 2.05) is 4.90 Å². The van der Waals surface area contributed by atoms with Crippen LogP contribution in [0.2, 0.25) is 0 Å². The van der Waals surface area contributed by atoms with Gasteiger partial charge in [-0.05, 0) is 12.8 Å². The monoisotopic (exact) mass is 296 g/mol. The Morgan fingerprint density at radius 2 is 1.76 bits per heavy atom. The predicted octanol–water partition coefficient (Wildman–Crippen LogP) is 2.30. The van der Waals surface area contributed by atoms with E-state index < -0.39 is 0 Å². The molecule has 1 spiro atoms. The Labute approximate surface area is 127 Å². The number of rotatable bonds is 1. The third-order valence-electron chi connectivity index (χ3n) is 5.12. The van der Waals surface area contributed by atoms with Gasteiger partial charge in [-0.1, -0.05) is 25.7 Å². The number of urea groups is 1. The molecule has 0 unspecified atom stereocenters. The maximum absolute atomic E-state index is 12.5. The molecular weight excluding hydrogens is 268 g/mol. The first-order chi connectivity index (χ1) is 10.3. The van der Waals surface area contributed by atoms with Gasteiger partial charge in [0.2, 0.25) is 0 Å². The van der Waals surface area contributed by atoms with Gasteiger partial charge < -0.3 is 19.7 Å². The molecule has 1 saturated carbocycles. The fourth-order valence-electron chi connectivity index (χ4n) is 3.75. The maximum Gasteiger partial charge on any atom is 0.317 e. The van der Waals surface area contributed by atoms with Crippen LogP contribution in [0.4, 0.5) is 4.79 Å². The highest BCUT2D eigenvalue weighted by Gasteiger charge is 2.39. The molecule has 2 amide bonds. The Morgan fingerprint density at radius 1 is 1.05 bits per heavy atom. The van der Waals surface area contributed by atoms with Gasteiger partial charge in [-0.15, -0.1) is 0 Å². The molecule has 5 nitrogen and oxygen atoms in total. The highest BCUT2D eigenvalue weighted by Crippen LogP contribution is 2.29. The first-order valence-electron chi connectivity index (χ1n) is 8.55. The molecule has 21 heavy (non-hydrogen) atoms. The summed E-state index contributed by atoms with van der Waals surface area (Å²) in [7, 11) is 0. The minimum Gasteiger partial charge on any atom is -0.381 e. The van der Waals surface area contributed by atoms with Gasteiger partial charge in [-0.3, -0.25) is 0 Å². The van der Waals surface area contributed by atoms with E-state index in [1.165, 1.54) is 25.7 Å². The molecule has 1 aliphatic carbocycles. The second-order valence-corrected chi connectivity index (χ2v) is 6.70. The standard InChI is InChI=1S/C16H28N2O3/c19-15(17-14-5-3-1-2-4-6-14)18-9-12-21-16(13-18)7-10-20-11-8-16/h14H,1-13H2,(H,17,19). The van der Waals surface area contributed by atoms with Gasteiger partial charge >= 0.3 is 6.03 Å². The molecule has 0 bridgehead atoms. The number of nitrogens with one attached hydrogen (secondary N) is 1. The Morgan fingerprint density at radius 3 is 2.48 bits per heavy atom. The van der Waals surface area contributed by atoms with Crippen LogP contribution in [0.25, 0.3) is 0 Å². The Balaban J connectivity index is 1.53. The van der Waals surface area contributed by atoms with E-state index in [2.05, 4.69) is 5.32 Å². The van der Waals surface area contributed by atoms with Crippen LogP contribution in [0, 0.1) is 0 Å². The summed E-state index contributed by atoms with van der Waals surface area (Å²) in [6.45, 7) is 3.57. The fourth-order valence-corrected chi connectivity index (χ4v) is 3.75. The van der Waals surface area contributed by atoms with Gasteiger partial charge in [0.15, 0.2) is 0 Å². The van der Waals surface area contributed by atoms with Crippen LogP contribution in [-0.4, -0.2) is 55.5 Å². The van der Waals surface area contributed by atoms with Crippen molar-refractivity contribution in [2.45, 2.75) is 63.0 Å². The Bertz CT molecular complexity index is 342. The molecule has 3 aliphatic rings. The lowest BCUT2D eigenvalue weighted by atomic mass is 9.92. The van der Waals surface area contributed by atoms with Crippen molar-refractivity contribution >= 4 is 6.03 Å². The van der Waals surface area contributed by atoms with Crippen molar-refractivity contribution in [3.8, 4) is 0 Å². The zero-order valence-electron chi connectivity index (χ0n) is 12.9. The highest BCUT2D eigenvalue weighted by molar-refractivity contribution is 5.74. The molecule has 3 rings (SSSR count). The molecular formula is C16H28N2O3. The largest absolute Gasteiger partial charge is 0.381 e. The van der Waals surface area contributed by atoms with Crippen molar-refractivity contribution in [1.29, 1.82) is 0 Å². The molecule has 1 N–H and O–H groups in total. The van der Waals surface area contributed by atoms with Gasteiger partial charge in [-0.2, -0.15) is 0 Å². The van der Waals surface area contributed by atoms with E-state index >= 15 is 0 Å². The second kappa shape index (κ2) is 6.97. The van der Waals surface area contributed by atoms with Crippen LogP contribution in [0.1, 0.15) is 51.4 Å². The summed E-state index contributed by atoms with van der Waals surface area (Å²) >= 11 is 0. The van der Waals surface area contributed by atoms with Gasteiger partial charge in [-0.25, -0.2) is 4.79 Å². The van der Waals surface area contributed by atoms with Crippen molar-refractivity contribution < 1.29 is 14.3 Å². The summed E-state index contributed by atoms with van der Waals surface area (Å²) < 4.78 is 11.4. The molecule has 2 heterocycles. The molecule has 0 aromatic rings.